The molecular weight excluding hydrogens is 260 g/mol. The lowest BCUT2D eigenvalue weighted by atomic mass is 10.2. The molecule has 1 aromatic carbocycles. The van der Waals surface area contributed by atoms with Crippen molar-refractivity contribution in [3.8, 4) is 0 Å². The van der Waals surface area contributed by atoms with Crippen LogP contribution in [0.5, 0.6) is 0 Å². The van der Waals surface area contributed by atoms with Gasteiger partial charge < -0.3 is 0 Å². The standard InChI is InChI=1S/C9H10N4O4S/c1-10-18(16,17)6-3-8-7(5-11-12(8)2)9(4-6)13(14)15/h3-5,10H,1-2H3. The zero-order chi connectivity index (χ0) is 13.5. The van der Waals surface area contributed by atoms with Gasteiger partial charge in [-0.3, -0.25) is 14.8 Å². The molecule has 0 aliphatic rings. The molecule has 1 aromatic heterocycles. The van der Waals surface area contributed by atoms with Crippen molar-refractivity contribution >= 4 is 26.6 Å². The number of benzene rings is 1. The first kappa shape index (κ1) is 12.5. The smallest absolute Gasteiger partial charge is 0.268 e. The fourth-order valence-corrected chi connectivity index (χ4v) is 2.40. The molecular formula is C9H10N4O4S. The van der Waals surface area contributed by atoms with E-state index >= 15 is 0 Å². The van der Waals surface area contributed by atoms with Gasteiger partial charge in [-0.1, -0.05) is 0 Å². The van der Waals surface area contributed by atoms with Gasteiger partial charge in [0.15, 0.2) is 0 Å². The number of sulfonamides is 1. The third kappa shape index (κ3) is 1.83. The number of nitrogens with zero attached hydrogens (tertiary/aromatic N) is 3. The highest BCUT2D eigenvalue weighted by Gasteiger charge is 2.22. The second-order valence-electron chi connectivity index (χ2n) is 3.61. The quantitative estimate of drug-likeness (QED) is 0.641. The van der Waals surface area contributed by atoms with E-state index in [1.165, 1.54) is 24.0 Å². The predicted molar refractivity (Wildman–Crippen MR) is 63.6 cm³/mol. The summed E-state index contributed by atoms with van der Waals surface area (Å²) in [6.07, 6.45) is 1.34. The summed E-state index contributed by atoms with van der Waals surface area (Å²) in [6, 6.07) is 2.37. The van der Waals surface area contributed by atoms with Crippen LogP contribution in [0.25, 0.3) is 10.9 Å². The Morgan fingerprint density at radius 3 is 2.67 bits per heavy atom. The minimum atomic E-state index is -3.74. The van der Waals surface area contributed by atoms with Crippen LogP contribution >= 0.6 is 0 Å². The number of nitrogens with one attached hydrogen (secondary N) is 1. The van der Waals surface area contributed by atoms with Crippen LogP contribution in [-0.2, 0) is 17.1 Å². The van der Waals surface area contributed by atoms with Crippen molar-refractivity contribution in [2.75, 3.05) is 7.05 Å². The first-order chi connectivity index (χ1) is 8.36. The van der Waals surface area contributed by atoms with Gasteiger partial charge >= 0.3 is 0 Å². The van der Waals surface area contributed by atoms with E-state index in [0.717, 1.165) is 6.07 Å². The van der Waals surface area contributed by atoms with Crippen molar-refractivity contribution in [2.45, 2.75) is 4.90 Å². The lowest BCUT2D eigenvalue weighted by molar-refractivity contribution is -0.383. The van der Waals surface area contributed by atoms with Crippen molar-refractivity contribution in [1.82, 2.24) is 14.5 Å². The molecule has 0 saturated heterocycles. The topological polar surface area (TPSA) is 107 Å². The number of hydrogen-bond acceptors (Lipinski definition) is 5. The minimum absolute atomic E-state index is 0.159. The van der Waals surface area contributed by atoms with E-state index in [1.54, 1.807) is 7.05 Å². The fourth-order valence-electron chi connectivity index (χ4n) is 1.63. The normalized spacial score (nSPS) is 11.9. The molecule has 0 saturated carbocycles. The zero-order valence-electron chi connectivity index (χ0n) is 9.61. The maximum absolute atomic E-state index is 11.7. The Hall–Kier alpha value is -2.00. The molecule has 0 spiro atoms. The molecule has 0 atom stereocenters. The van der Waals surface area contributed by atoms with Gasteiger partial charge in [-0.05, 0) is 13.1 Å². The van der Waals surface area contributed by atoms with Gasteiger partial charge in [-0.25, -0.2) is 13.1 Å². The van der Waals surface area contributed by atoms with Crippen LogP contribution in [-0.4, -0.2) is 30.2 Å². The Bertz CT molecular complexity index is 734. The molecule has 1 heterocycles. The highest BCUT2D eigenvalue weighted by Crippen LogP contribution is 2.28. The maximum Gasteiger partial charge on any atom is 0.281 e. The van der Waals surface area contributed by atoms with Crippen molar-refractivity contribution in [3.63, 3.8) is 0 Å². The van der Waals surface area contributed by atoms with E-state index in [1.807, 2.05) is 0 Å². The Kier molecular flexibility index (Phi) is 2.79. The molecule has 96 valence electrons. The summed E-state index contributed by atoms with van der Waals surface area (Å²) < 4.78 is 26.9. The summed E-state index contributed by atoms with van der Waals surface area (Å²) in [6.45, 7) is 0. The summed E-state index contributed by atoms with van der Waals surface area (Å²) in [7, 11) is -0.906. The molecule has 0 aliphatic heterocycles. The second-order valence-corrected chi connectivity index (χ2v) is 5.49. The largest absolute Gasteiger partial charge is 0.281 e. The molecule has 0 amide bonds. The lowest BCUT2D eigenvalue weighted by Gasteiger charge is -2.03. The first-order valence-electron chi connectivity index (χ1n) is 4.90. The molecule has 18 heavy (non-hydrogen) atoms. The van der Waals surface area contributed by atoms with Crippen molar-refractivity contribution in [3.05, 3.63) is 28.4 Å². The van der Waals surface area contributed by atoms with Crippen molar-refractivity contribution < 1.29 is 13.3 Å². The number of non-ortho nitro benzene ring substituents is 1. The van der Waals surface area contributed by atoms with Crippen LogP contribution in [0.2, 0.25) is 0 Å². The molecule has 9 heteroatoms. The number of aromatic nitrogens is 2. The number of hydrogen-bond donors (Lipinski definition) is 1. The van der Waals surface area contributed by atoms with Crippen molar-refractivity contribution in [1.29, 1.82) is 0 Å². The van der Waals surface area contributed by atoms with Crippen LogP contribution < -0.4 is 4.72 Å². The molecule has 0 unspecified atom stereocenters. The third-order valence-electron chi connectivity index (χ3n) is 2.59. The monoisotopic (exact) mass is 270 g/mol. The number of nitro groups is 1. The second kappa shape index (κ2) is 4.03. The SMILES string of the molecule is CNS(=O)(=O)c1cc([N+](=O)[O-])c2cnn(C)c2c1. The Morgan fingerprint density at radius 1 is 1.44 bits per heavy atom. The molecule has 2 aromatic rings. The molecule has 0 radical (unpaired) electrons. The molecule has 0 fully saturated rings. The van der Waals surface area contributed by atoms with Gasteiger partial charge in [-0.15, -0.1) is 0 Å². The first-order valence-corrected chi connectivity index (χ1v) is 6.39. The van der Waals surface area contributed by atoms with Crippen LogP contribution in [0.4, 0.5) is 5.69 Å². The molecule has 0 bridgehead atoms. The van der Waals surface area contributed by atoms with Gasteiger partial charge in [0.05, 0.1) is 26.9 Å². The Labute approximate surface area is 102 Å². The van der Waals surface area contributed by atoms with Gasteiger partial charge in [0, 0.05) is 13.1 Å². The molecule has 2 rings (SSSR count). The minimum Gasteiger partial charge on any atom is -0.268 e. The van der Waals surface area contributed by atoms with Crippen LogP contribution in [0.1, 0.15) is 0 Å². The van der Waals surface area contributed by atoms with Crippen LogP contribution in [0, 0.1) is 10.1 Å². The highest BCUT2D eigenvalue weighted by atomic mass is 32.2. The van der Waals surface area contributed by atoms with E-state index in [-0.39, 0.29) is 10.6 Å². The summed E-state index contributed by atoms with van der Waals surface area (Å²) in [5.41, 5.74) is 0.104. The van der Waals surface area contributed by atoms with Crippen LogP contribution in [0.3, 0.4) is 0 Å². The number of aryl methyl sites for hydroxylation is 1. The molecule has 1 N–H and O–H groups in total. The van der Waals surface area contributed by atoms with E-state index < -0.39 is 14.9 Å². The van der Waals surface area contributed by atoms with Crippen LogP contribution in [0.15, 0.2) is 23.2 Å². The van der Waals surface area contributed by atoms with Gasteiger partial charge in [-0.2, -0.15) is 5.10 Å². The van der Waals surface area contributed by atoms with E-state index in [2.05, 4.69) is 9.82 Å². The summed E-state index contributed by atoms with van der Waals surface area (Å²) in [4.78, 5) is 10.2. The lowest BCUT2D eigenvalue weighted by Crippen LogP contribution is -2.18. The van der Waals surface area contributed by atoms with Gasteiger partial charge in [0.2, 0.25) is 10.0 Å². The van der Waals surface area contributed by atoms with E-state index in [9.17, 15) is 18.5 Å². The van der Waals surface area contributed by atoms with E-state index in [0.29, 0.717) is 10.9 Å². The number of nitro benzene ring substituents is 1. The Balaban J connectivity index is 2.87. The molecule has 0 aliphatic carbocycles. The fraction of sp³-hybridized carbons (Fsp3) is 0.222. The van der Waals surface area contributed by atoms with Crippen molar-refractivity contribution in [2.24, 2.45) is 7.05 Å². The predicted octanol–water partition coefficient (Wildman–Crippen LogP) is 0.390. The summed E-state index contributed by atoms with van der Waals surface area (Å²) in [5.74, 6) is 0. The summed E-state index contributed by atoms with van der Waals surface area (Å²) >= 11 is 0. The highest BCUT2D eigenvalue weighted by molar-refractivity contribution is 7.89. The molecule has 8 nitrogen and oxygen atoms in total. The van der Waals surface area contributed by atoms with Gasteiger partial charge in [0.1, 0.15) is 0 Å². The zero-order valence-corrected chi connectivity index (χ0v) is 10.4. The number of fused-ring (bicyclic) bond motifs is 1. The third-order valence-corrected chi connectivity index (χ3v) is 3.99. The van der Waals surface area contributed by atoms with E-state index in [4.69, 9.17) is 0 Å². The average molecular weight is 270 g/mol. The Morgan fingerprint density at radius 2 is 2.11 bits per heavy atom. The number of rotatable bonds is 3. The average Bonchev–Trinajstić information content (AvgIpc) is 2.70. The summed E-state index contributed by atoms with van der Waals surface area (Å²) in [5, 5.41) is 15.1. The van der Waals surface area contributed by atoms with Gasteiger partial charge in [0.25, 0.3) is 5.69 Å². The maximum atomic E-state index is 11.7.